The van der Waals surface area contributed by atoms with Crippen molar-refractivity contribution in [1.29, 1.82) is 0 Å². The van der Waals surface area contributed by atoms with Crippen molar-refractivity contribution in [2.75, 3.05) is 37.7 Å². The summed E-state index contributed by atoms with van der Waals surface area (Å²) in [5.41, 5.74) is 3.51. The van der Waals surface area contributed by atoms with Crippen molar-refractivity contribution in [3.05, 3.63) is 52.3 Å². The molecule has 8 nitrogen and oxygen atoms in total. The number of hydroxylamine groups is 1. The fourth-order valence-corrected chi connectivity index (χ4v) is 4.77. The van der Waals surface area contributed by atoms with Gasteiger partial charge in [0.2, 0.25) is 11.8 Å². The van der Waals surface area contributed by atoms with Gasteiger partial charge < -0.3 is 14.5 Å². The van der Waals surface area contributed by atoms with Crippen LogP contribution < -0.4 is 15.1 Å². The van der Waals surface area contributed by atoms with E-state index >= 15 is 0 Å². The normalized spacial score (nSPS) is 14.6. The molecule has 0 saturated carbocycles. The number of hydrogen-bond donors (Lipinski definition) is 2. The molecule has 2 heterocycles. The molecule has 2 N–H and O–H groups in total. The van der Waals surface area contributed by atoms with Crippen LogP contribution in [0.3, 0.4) is 0 Å². The highest BCUT2D eigenvalue weighted by atomic mass is 35.5. The van der Waals surface area contributed by atoms with Gasteiger partial charge in [0.15, 0.2) is 0 Å². The molecule has 0 bridgehead atoms. The Hall–Kier alpha value is -2.55. The fraction of sp³-hybridized carbons (Fsp3) is 0.458. The fourth-order valence-electron chi connectivity index (χ4n) is 4.17. The highest BCUT2D eigenvalue weighted by Gasteiger charge is 2.30. The van der Waals surface area contributed by atoms with E-state index < -0.39 is 11.8 Å². The van der Waals surface area contributed by atoms with Crippen molar-refractivity contribution in [1.82, 2.24) is 15.4 Å². The summed E-state index contributed by atoms with van der Waals surface area (Å²) < 4.78 is 5.47. The van der Waals surface area contributed by atoms with Crippen LogP contribution in [0.5, 0.6) is 5.75 Å². The molecule has 0 radical (unpaired) electrons. The molecular formula is C24H30Cl2N4O4. The number of anilines is 1. The van der Waals surface area contributed by atoms with Gasteiger partial charge in [0.05, 0.1) is 22.3 Å². The molecule has 1 aromatic carbocycles. The minimum Gasteiger partial charge on any atom is -0.494 e. The lowest BCUT2D eigenvalue weighted by Crippen LogP contribution is -2.51. The van der Waals surface area contributed by atoms with Crippen LogP contribution >= 0.6 is 23.2 Å². The Morgan fingerprint density at radius 3 is 2.35 bits per heavy atom. The molecular weight excluding hydrogens is 479 g/mol. The number of amides is 2. The van der Waals surface area contributed by atoms with E-state index in [4.69, 9.17) is 33.1 Å². The summed E-state index contributed by atoms with van der Waals surface area (Å²) >= 11 is 12.5. The van der Waals surface area contributed by atoms with E-state index in [1.807, 2.05) is 36.1 Å². The standard InChI is InChI=1S/C24H30Cl2N4O4/c1-2-34-19-8-6-17(7-9-19)4-3-5-18(14-22(31)28-33)24(32)30-12-10-29(11-13-30)23-20(25)15-27-16-21(23)26/h6-9,15-16,18,33H,2-5,10-14H2,1H3,(H,28,31). The van der Waals surface area contributed by atoms with Crippen molar-refractivity contribution in [2.24, 2.45) is 5.92 Å². The van der Waals surface area contributed by atoms with E-state index in [2.05, 4.69) is 4.98 Å². The number of hydrogen-bond acceptors (Lipinski definition) is 6. The summed E-state index contributed by atoms with van der Waals surface area (Å²) in [6.07, 6.45) is 5.11. The summed E-state index contributed by atoms with van der Waals surface area (Å²) in [5, 5.41) is 9.93. The van der Waals surface area contributed by atoms with E-state index in [0.717, 1.165) is 29.8 Å². The molecule has 0 spiro atoms. The van der Waals surface area contributed by atoms with Crippen molar-refractivity contribution >= 4 is 40.7 Å². The first-order valence-electron chi connectivity index (χ1n) is 11.4. The average Bonchev–Trinajstić information content (AvgIpc) is 2.84. The van der Waals surface area contributed by atoms with Crippen LogP contribution in [0, 0.1) is 5.92 Å². The van der Waals surface area contributed by atoms with Crippen LogP contribution in [0.2, 0.25) is 10.0 Å². The van der Waals surface area contributed by atoms with Crippen LogP contribution in [0.15, 0.2) is 36.7 Å². The predicted octanol–water partition coefficient (Wildman–Crippen LogP) is 3.97. The number of halogens is 2. The summed E-state index contributed by atoms with van der Waals surface area (Å²) in [4.78, 5) is 32.9. The first kappa shape index (κ1) is 26.1. The summed E-state index contributed by atoms with van der Waals surface area (Å²) in [6, 6.07) is 7.89. The van der Waals surface area contributed by atoms with E-state index in [1.165, 1.54) is 0 Å². The molecule has 1 aliphatic heterocycles. The topological polar surface area (TPSA) is 95.0 Å². The summed E-state index contributed by atoms with van der Waals surface area (Å²) in [5.74, 6) is -0.322. The van der Waals surface area contributed by atoms with Crippen LogP contribution in [-0.2, 0) is 16.0 Å². The number of carbonyl (C=O) groups excluding carboxylic acids is 2. The SMILES string of the molecule is CCOc1ccc(CCCC(CC(=O)NO)C(=O)N2CCN(c3c(Cl)cncc3Cl)CC2)cc1. The zero-order valence-electron chi connectivity index (χ0n) is 19.2. The van der Waals surface area contributed by atoms with E-state index in [-0.39, 0.29) is 12.3 Å². The summed E-state index contributed by atoms with van der Waals surface area (Å²) in [7, 11) is 0. The van der Waals surface area contributed by atoms with Gasteiger partial charge in [0.25, 0.3) is 0 Å². The first-order valence-corrected chi connectivity index (χ1v) is 12.2. The largest absolute Gasteiger partial charge is 0.494 e. The smallest absolute Gasteiger partial charge is 0.244 e. The summed E-state index contributed by atoms with van der Waals surface area (Å²) in [6.45, 7) is 4.68. The Kier molecular flexibility index (Phi) is 9.80. The molecule has 34 heavy (non-hydrogen) atoms. The van der Waals surface area contributed by atoms with E-state index in [9.17, 15) is 9.59 Å². The molecule has 10 heteroatoms. The lowest BCUT2D eigenvalue weighted by Gasteiger charge is -2.38. The first-order chi connectivity index (χ1) is 16.4. The number of nitrogens with one attached hydrogen (secondary N) is 1. The Morgan fingerprint density at radius 2 is 1.76 bits per heavy atom. The van der Waals surface area contributed by atoms with E-state index in [0.29, 0.717) is 49.3 Å². The van der Waals surface area contributed by atoms with Gasteiger partial charge in [-0.3, -0.25) is 19.8 Å². The molecule has 1 unspecified atom stereocenters. The number of aromatic nitrogens is 1. The third-order valence-electron chi connectivity index (χ3n) is 5.89. The molecule has 1 atom stereocenters. The van der Waals surface area contributed by atoms with Gasteiger partial charge in [-0.1, -0.05) is 35.3 Å². The zero-order valence-corrected chi connectivity index (χ0v) is 20.7. The monoisotopic (exact) mass is 508 g/mol. The molecule has 3 rings (SSSR count). The Morgan fingerprint density at radius 1 is 1.12 bits per heavy atom. The van der Waals surface area contributed by atoms with Gasteiger partial charge in [-0.05, 0) is 43.9 Å². The van der Waals surface area contributed by atoms with Gasteiger partial charge in [-0.15, -0.1) is 0 Å². The number of rotatable bonds is 10. The van der Waals surface area contributed by atoms with Crippen LogP contribution in [-0.4, -0.2) is 59.7 Å². The molecule has 0 aliphatic carbocycles. The maximum Gasteiger partial charge on any atom is 0.244 e. The van der Waals surface area contributed by atoms with Gasteiger partial charge in [-0.2, -0.15) is 0 Å². The number of benzene rings is 1. The molecule has 2 aromatic rings. The third kappa shape index (κ3) is 6.98. The van der Waals surface area contributed by atoms with Crippen LogP contribution in [0.4, 0.5) is 5.69 Å². The Balaban J connectivity index is 1.57. The van der Waals surface area contributed by atoms with Gasteiger partial charge in [-0.25, -0.2) is 5.48 Å². The quantitative estimate of drug-likeness (QED) is 0.372. The Labute approximate surface area is 209 Å². The maximum atomic E-state index is 13.3. The second-order valence-electron chi connectivity index (χ2n) is 8.17. The third-order valence-corrected chi connectivity index (χ3v) is 6.45. The van der Waals surface area contributed by atoms with Crippen molar-refractivity contribution in [2.45, 2.75) is 32.6 Å². The minimum absolute atomic E-state index is 0.0547. The number of carbonyl (C=O) groups is 2. The second kappa shape index (κ2) is 12.8. The average molecular weight is 509 g/mol. The molecule has 2 amide bonds. The zero-order chi connectivity index (χ0) is 24.5. The lowest BCUT2D eigenvalue weighted by atomic mass is 9.94. The molecule has 1 fully saturated rings. The second-order valence-corrected chi connectivity index (χ2v) is 8.98. The van der Waals surface area contributed by atoms with Crippen LogP contribution in [0.1, 0.15) is 31.7 Å². The predicted molar refractivity (Wildman–Crippen MR) is 132 cm³/mol. The van der Waals surface area contributed by atoms with Crippen molar-refractivity contribution < 1.29 is 19.5 Å². The molecule has 1 aromatic heterocycles. The number of aryl methyl sites for hydroxylation is 1. The van der Waals surface area contributed by atoms with Gasteiger partial charge in [0, 0.05) is 50.9 Å². The molecule has 1 aliphatic rings. The minimum atomic E-state index is -0.562. The van der Waals surface area contributed by atoms with Crippen LogP contribution in [0.25, 0.3) is 0 Å². The highest BCUT2D eigenvalue weighted by Crippen LogP contribution is 2.33. The van der Waals surface area contributed by atoms with Crippen molar-refractivity contribution in [3.8, 4) is 5.75 Å². The van der Waals surface area contributed by atoms with E-state index in [1.54, 1.807) is 22.8 Å². The number of piperazine rings is 1. The van der Waals surface area contributed by atoms with Gasteiger partial charge in [0.1, 0.15) is 5.75 Å². The Bertz CT molecular complexity index is 946. The number of nitrogens with zero attached hydrogens (tertiary/aromatic N) is 3. The number of pyridine rings is 1. The molecule has 184 valence electrons. The van der Waals surface area contributed by atoms with Gasteiger partial charge >= 0.3 is 0 Å². The number of ether oxygens (including phenoxy) is 1. The maximum absolute atomic E-state index is 13.3. The highest BCUT2D eigenvalue weighted by molar-refractivity contribution is 6.38. The molecule has 1 saturated heterocycles. The van der Waals surface area contributed by atoms with Crippen molar-refractivity contribution in [3.63, 3.8) is 0 Å². The lowest BCUT2D eigenvalue weighted by molar-refractivity contribution is -0.141.